The van der Waals surface area contributed by atoms with Crippen LogP contribution in [0, 0.1) is 0 Å². The van der Waals surface area contributed by atoms with E-state index in [4.69, 9.17) is 16.0 Å². The Labute approximate surface area is 99.5 Å². The monoisotopic (exact) mass is 233 g/mol. The summed E-state index contributed by atoms with van der Waals surface area (Å²) in [6, 6.07) is 11.4. The highest BCUT2D eigenvalue weighted by Crippen LogP contribution is 2.13. The van der Waals surface area contributed by atoms with Crippen LogP contribution in [-0.2, 0) is 0 Å². The van der Waals surface area contributed by atoms with Gasteiger partial charge in [-0.2, -0.15) is 0 Å². The second-order valence-corrected chi connectivity index (χ2v) is 3.74. The van der Waals surface area contributed by atoms with Crippen LogP contribution in [-0.4, -0.2) is 6.54 Å². The van der Waals surface area contributed by atoms with Crippen molar-refractivity contribution in [3.05, 3.63) is 59.5 Å². The lowest BCUT2D eigenvalue weighted by molar-refractivity contribution is 0.557. The van der Waals surface area contributed by atoms with E-state index in [0.717, 1.165) is 23.0 Å². The normalized spacial score (nSPS) is 10.8. The van der Waals surface area contributed by atoms with Crippen molar-refractivity contribution in [2.45, 2.75) is 0 Å². The third-order valence-electron chi connectivity index (χ3n) is 2.09. The lowest BCUT2D eigenvalue weighted by atomic mass is 10.3. The summed E-state index contributed by atoms with van der Waals surface area (Å²) < 4.78 is 5.17. The molecule has 0 aliphatic heterocycles. The van der Waals surface area contributed by atoms with Gasteiger partial charge in [0.1, 0.15) is 5.76 Å². The Bertz CT molecular complexity index is 445. The highest BCUT2D eigenvalue weighted by Gasteiger charge is 1.90. The highest BCUT2D eigenvalue weighted by atomic mass is 35.5. The molecule has 0 aliphatic rings. The van der Waals surface area contributed by atoms with Crippen molar-refractivity contribution in [3.8, 4) is 0 Å². The molecule has 1 heterocycles. The molecule has 0 bridgehead atoms. The fourth-order valence-electron chi connectivity index (χ4n) is 1.31. The molecule has 16 heavy (non-hydrogen) atoms. The van der Waals surface area contributed by atoms with Crippen LogP contribution in [0.5, 0.6) is 0 Å². The molecule has 2 nitrogen and oxygen atoms in total. The Kier molecular flexibility index (Phi) is 3.67. The number of furan rings is 1. The van der Waals surface area contributed by atoms with Crippen molar-refractivity contribution in [2.24, 2.45) is 0 Å². The fourth-order valence-corrected chi connectivity index (χ4v) is 1.43. The van der Waals surface area contributed by atoms with Crippen LogP contribution in [0.15, 0.2) is 53.2 Å². The smallest absolute Gasteiger partial charge is 0.126 e. The average molecular weight is 234 g/mol. The summed E-state index contributed by atoms with van der Waals surface area (Å²) in [5.41, 5.74) is 1.05. The summed E-state index contributed by atoms with van der Waals surface area (Å²) in [6.07, 6.45) is 5.60. The van der Waals surface area contributed by atoms with Crippen molar-refractivity contribution < 1.29 is 4.42 Å². The Morgan fingerprint density at radius 2 is 2.00 bits per heavy atom. The van der Waals surface area contributed by atoms with Crippen molar-refractivity contribution in [2.75, 3.05) is 11.9 Å². The lowest BCUT2D eigenvalue weighted by Gasteiger charge is -2.02. The minimum absolute atomic E-state index is 0.747. The van der Waals surface area contributed by atoms with Gasteiger partial charge < -0.3 is 9.73 Å². The molecular formula is C13H12ClNO. The molecule has 0 fully saturated rings. The summed E-state index contributed by atoms with van der Waals surface area (Å²) in [5.74, 6) is 0.859. The standard InChI is InChI=1S/C13H12ClNO/c14-11-5-7-12(8-6-11)15-9-1-3-13-4-2-10-16-13/h1-8,10,15H,9H2/b3-1+. The van der Waals surface area contributed by atoms with Crippen molar-refractivity contribution in [1.29, 1.82) is 0 Å². The van der Waals surface area contributed by atoms with Crippen LogP contribution in [0.2, 0.25) is 5.02 Å². The zero-order valence-corrected chi connectivity index (χ0v) is 9.45. The van der Waals surface area contributed by atoms with Gasteiger partial charge in [0.15, 0.2) is 0 Å². The molecule has 1 aromatic heterocycles. The van der Waals surface area contributed by atoms with E-state index in [2.05, 4.69) is 5.32 Å². The second-order valence-electron chi connectivity index (χ2n) is 3.31. The number of hydrogen-bond acceptors (Lipinski definition) is 2. The van der Waals surface area contributed by atoms with E-state index in [1.165, 1.54) is 0 Å². The maximum atomic E-state index is 5.79. The molecule has 0 aliphatic carbocycles. The summed E-state index contributed by atoms with van der Waals surface area (Å²) >= 11 is 5.79. The molecule has 0 radical (unpaired) electrons. The summed E-state index contributed by atoms with van der Waals surface area (Å²) in [6.45, 7) is 0.752. The Morgan fingerprint density at radius 1 is 1.19 bits per heavy atom. The number of rotatable bonds is 4. The first kappa shape index (κ1) is 10.8. The molecule has 0 unspecified atom stereocenters. The first-order valence-electron chi connectivity index (χ1n) is 5.04. The SMILES string of the molecule is Clc1ccc(NC/C=C/c2ccco2)cc1. The van der Waals surface area contributed by atoms with Crippen molar-refractivity contribution in [3.63, 3.8) is 0 Å². The number of anilines is 1. The van der Waals surface area contributed by atoms with Gasteiger partial charge in [-0.25, -0.2) is 0 Å². The molecule has 0 atom stereocenters. The number of halogens is 1. The van der Waals surface area contributed by atoms with Gasteiger partial charge in [-0.1, -0.05) is 17.7 Å². The van der Waals surface area contributed by atoms with E-state index in [-0.39, 0.29) is 0 Å². The average Bonchev–Trinajstić information content (AvgIpc) is 2.80. The summed E-state index contributed by atoms with van der Waals surface area (Å²) in [7, 11) is 0. The number of nitrogens with one attached hydrogen (secondary N) is 1. The van der Waals surface area contributed by atoms with E-state index in [1.54, 1.807) is 6.26 Å². The topological polar surface area (TPSA) is 25.2 Å². The van der Waals surface area contributed by atoms with Crippen LogP contribution < -0.4 is 5.32 Å². The van der Waals surface area contributed by atoms with Crippen molar-refractivity contribution in [1.82, 2.24) is 0 Å². The molecule has 0 saturated carbocycles. The van der Waals surface area contributed by atoms with E-state index in [9.17, 15) is 0 Å². The Morgan fingerprint density at radius 3 is 2.69 bits per heavy atom. The van der Waals surface area contributed by atoms with Crippen LogP contribution in [0.4, 0.5) is 5.69 Å². The van der Waals surface area contributed by atoms with Gasteiger partial charge in [-0.15, -0.1) is 0 Å². The third kappa shape index (κ3) is 3.17. The summed E-state index contributed by atoms with van der Waals surface area (Å²) in [4.78, 5) is 0. The predicted octanol–water partition coefficient (Wildman–Crippen LogP) is 4.06. The van der Waals surface area contributed by atoms with Crippen LogP contribution in [0.25, 0.3) is 6.08 Å². The van der Waals surface area contributed by atoms with Gasteiger partial charge in [-0.3, -0.25) is 0 Å². The first-order valence-corrected chi connectivity index (χ1v) is 5.42. The minimum atomic E-state index is 0.747. The van der Waals surface area contributed by atoms with Gasteiger partial charge >= 0.3 is 0 Å². The van der Waals surface area contributed by atoms with Gasteiger partial charge in [0, 0.05) is 17.3 Å². The first-order chi connectivity index (χ1) is 7.84. The number of benzene rings is 1. The van der Waals surface area contributed by atoms with E-state index < -0.39 is 0 Å². The molecule has 0 saturated heterocycles. The largest absolute Gasteiger partial charge is 0.465 e. The van der Waals surface area contributed by atoms with Crippen LogP contribution in [0.1, 0.15) is 5.76 Å². The highest BCUT2D eigenvalue weighted by molar-refractivity contribution is 6.30. The molecule has 0 amide bonds. The van der Waals surface area contributed by atoms with Gasteiger partial charge in [0.25, 0.3) is 0 Å². The molecule has 1 N–H and O–H groups in total. The molecule has 82 valence electrons. The zero-order chi connectivity index (χ0) is 11.2. The molecule has 0 spiro atoms. The maximum Gasteiger partial charge on any atom is 0.126 e. The Balaban J connectivity index is 1.82. The van der Waals surface area contributed by atoms with E-state index >= 15 is 0 Å². The molecule has 2 aromatic rings. The predicted molar refractivity (Wildman–Crippen MR) is 67.7 cm³/mol. The van der Waals surface area contributed by atoms with Gasteiger partial charge in [-0.05, 0) is 42.5 Å². The maximum absolute atomic E-state index is 5.79. The minimum Gasteiger partial charge on any atom is -0.465 e. The zero-order valence-electron chi connectivity index (χ0n) is 8.69. The fraction of sp³-hybridized carbons (Fsp3) is 0.0769. The molecule has 3 heteroatoms. The second kappa shape index (κ2) is 5.42. The molecule has 2 rings (SSSR count). The van der Waals surface area contributed by atoms with Crippen molar-refractivity contribution >= 4 is 23.4 Å². The van der Waals surface area contributed by atoms with E-state index in [0.29, 0.717) is 0 Å². The lowest BCUT2D eigenvalue weighted by Crippen LogP contribution is -1.97. The van der Waals surface area contributed by atoms with Gasteiger partial charge in [0.2, 0.25) is 0 Å². The Hall–Kier alpha value is -1.67. The number of hydrogen-bond donors (Lipinski definition) is 1. The summed E-state index contributed by atoms with van der Waals surface area (Å²) in [5, 5.41) is 3.99. The van der Waals surface area contributed by atoms with Crippen LogP contribution >= 0.6 is 11.6 Å². The van der Waals surface area contributed by atoms with Crippen LogP contribution in [0.3, 0.4) is 0 Å². The molecular weight excluding hydrogens is 222 g/mol. The quantitative estimate of drug-likeness (QED) is 0.862. The van der Waals surface area contributed by atoms with E-state index in [1.807, 2.05) is 48.6 Å². The third-order valence-corrected chi connectivity index (χ3v) is 2.35. The molecule has 1 aromatic carbocycles. The van der Waals surface area contributed by atoms with Gasteiger partial charge in [0.05, 0.1) is 6.26 Å².